The van der Waals surface area contributed by atoms with Gasteiger partial charge in [-0.1, -0.05) is 12.1 Å². The molecule has 0 amide bonds. The zero-order valence-corrected chi connectivity index (χ0v) is 10.9. The minimum absolute atomic E-state index is 0.277. The summed E-state index contributed by atoms with van der Waals surface area (Å²) in [6, 6.07) is 8.43. The van der Waals surface area contributed by atoms with Gasteiger partial charge in [-0.25, -0.2) is 0 Å². The predicted octanol–water partition coefficient (Wildman–Crippen LogP) is 1.50. The molecule has 0 radical (unpaired) electrons. The second-order valence-corrected chi connectivity index (χ2v) is 4.80. The zero-order chi connectivity index (χ0) is 12.8. The van der Waals surface area contributed by atoms with Gasteiger partial charge in [0.05, 0.1) is 13.7 Å². The van der Waals surface area contributed by atoms with Crippen LogP contribution < -0.4 is 16.0 Å². The van der Waals surface area contributed by atoms with E-state index >= 15 is 0 Å². The van der Waals surface area contributed by atoms with E-state index in [9.17, 15) is 0 Å². The molecular weight excluding hydrogens is 228 g/mol. The fourth-order valence-electron chi connectivity index (χ4n) is 2.46. The highest BCUT2D eigenvalue weighted by Gasteiger charge is 2.23. The third-order valence-electron chi connectivity index (χ3n) is 3.59. The Kier molecular flexibility index (Phi) is 4.99. The van der Waals surface area contributed by atoms with Crippen molar-refractivity contribution in [3.05, 3.63) is 29.8 Å². The van der Waals surface area contributed by atoms with Gasteiger partial charge in [-0.2, -0.15) is 0 Å². The lowest BCUT2D eigenvalue weighted by atomic mass is 9.90. The Hall–Kier alpha value is -1.10. The van der Waals surface area contributed by atoms with E-state index in [1.54, 1.807) is 7.11 Å². The summed E-state index contributed by atoms with van der Waals surface area (Å²) in [6.07, 6.45) is 3.24. The van der Waals surface area contributed by atoms with Gasteiger partial charge < -0.3 is 9.47 Å². The van der Waals surface area contributed by atoms with Crippen molar-refractivity contribution in [3.63, 3.8) is 0 Å². The first kappa shape index (κ1) is 13.3. The second kappa shape index (κ2) is 6.73. The quantitative estimate of drug-likeness (QED) is 0.614. The third-order valence-corrected chi connectivity index (χ3v) is 3.59. The van der Waals surface area contributed by atoms with Gasteiger partial charge in [-0.05, 0) is 42.9 Å². The number of benzene rings is 1. The average Bonchev–Trinajstić information content (AvgIpc) is 2.46. The fraction of sp³-hybridized carbons (Fsp3) is 0.571. The molecule has 2 rings (SSSR count). The maximum absolute atomic E-state index is 5.68. The van der Waals surface area contributed by atoms with Crippen molar-refractivity contribution in [1.82, 2.24) is 5.43 Å². The van der Waals surface area contributed by atoms with Crippen LogP contribution in [0.15, 0.2) is 24.3 Å². The third kappa shape index (κ3) is 3.45. The molecule has 1 fully saturated rings. The van der Waals surface area contributed by atoms with E-state index in [1.807, 2.05) is 12.1 Å². The molecule has 2 atom stereocenters. The minimum atomic E-state index is 0.277. The summed E-state index contributed by atoms with van der Waals surface area (Å²) < 4.78 is 10.7. The molecule has 1 aromatic rings. The molecule has 1 aliphatic rings. The Morgan fingerprint density at radius 1 is 1.44 bits per heavy atom. The maximum Gasteiger partial charge on any atom is 0.118 e. The van der Waals surface area contributed by atoms with Crippen LogP contribution in [0, 0.1) is 5.92 Å². The highest BCUT2D eigenvalue weighted by Crippen LogP contribution is 2.21. The number of hydrogen-bond acceptors (Lipinski definition) is 4. The lowest BCUT2D eigenvalue weighted by Gasteiger charge is -2.29. The molecule has 4 nitrogen and oxygen atoms in total. The average molecular weight is 250 g/mol. The van der Waals surface area contributed by atoms with Crippen molar-refractivity contribution >= 4 is 0 Å². The van der Waals surface area contributed by atoms with Crippen LogP contribution in [-0.4, -0.2) is 26.4 Å². The highest BCUT2D eigenvalue weighted by molar-refractivity contribution is 5.27. The van der Waals surface area contributed by atoms with Crippen LogP contribution >= 0.6 is 0 Å². The van der Waals surface area contributed by atoms with Crippen LogP contribution in [0.5, 0.6) is 5.75 Å². The summed E-state index contributed by atoms with van der Waals surface area (Å²) in [7, 11) is 1.68. The van der Waals surface area contributed by atoms with Crippen LogP contribution in [0.2, 0.25) is 0 Å². The van der Waals surface area contributed by atoms with Gasteiger partial charge in [0.15, 0.2) is 0 Å². The normalized spacial score (nSPS) is 21.6. The number of methoxy groups -OCH3 is 1. The topological polar surface area (TPSA) is 56.5 Å². The molecule has 0 bridgehead atoms. The number of rotatable bonds is 5. The summed E-state index contributed by atoms with van der Waals surface area (Å²) in [4.78, 5) is 0. The first-order valence-corrected chi connectivity index (χ1v) is 6.50. The molecule has 1 aromatic carbocycles. The molecule has 0 spiro atoms. The van der Waals surface area contributed by atoms with Crippen LogP contribution in [0.25, 0.3) is 0 Å². The number of nitrogens with two attached hydrogens (primary N) is 1. The van der Waals surface area contributed by atoms with Crippen molar-refractivity contribution < 1.29 is 9.47 Å². The molecule has 0 aromatic heterocycles. The van der Waals surface area contributed by atoms with Crippen LogP contribution in [0.3, 0.4) is 0 Å². The van der Waals surface area contributed by atoms with Crippen molar-refractivity contribution in [1.29, 1.82) is 0 Å². The summed E-state index contributed by atoms with van der Waals surface area (Å²) in [5.74, 6) is 7.07. The summed E-state index contributed by atoms with van der Waals surface area (Å²) in [6.45, 7) is 1.70. The van der Waals surface area contributed by atoms with Crippen LogP contribution in [0.4, 0.5) is 0 Å². The Bertz CT molecular complexity index is 347. The van der Waals surface area contributed by atoms with Gasteiger partial charge in [0.2, 0.25) is 0 Å². The Labute approximate surface area is 108 Å². The molecule has 100 valence electrons. The van der Waals surface area contributed by atoms with E-state index in [-0.39, 0.29) is 6.04 Å². The zero-order valence-electron chi connectivity index (χ0n) is 10.9. The minimum Gasteiger partial charge on any atom is -0.497 e. The maximum atomic E-state index is 5.68. The van der Waals surface area contributed by atoms with Gasteiger partial charge in [0, 0.05) is 12.6 Å². The first-order valence-electron chi connectivity index (χ1n) is 6.50. The van der Waals surface area contributed by atoms with Gasteiger partial charge in [0.25, 0.3) is 0 Å². The first-order chi connectivity index (χ1) is 8.83. The monoisotopic (exact) mass is 250 g/mol. The fourth-order valence-corrected chi connectivity index (χ4v) is 2.46. The van der Waals surface area contributed by atoms with E-state index in [2.05, 4.69) is 17.6 Å². The Balaban J connectivity index is 1.95. The molecular formula is C14H22N2O2. The molecule has 1 aliphatic heterocycles. The molecule has 18 heavy (non-hydrogen) atoms. The smallest absolute Gasteiger partial charge is 0.118 e. The molecule has 0 aliphatic carbocycles. The molecule has 1 saturated heterocycles. The van der Waals surface area contributed by atoms with E-state index < -0.39 is 0 Å². The largest absolute Gasteiger partial charge is 0.497 e. The number of ether oxygens (including phenoxy) is 2. The number of hydrogen-bond donors (Lipinski definition) is 2. The van der Waals surface area contributed by atoms with Crippen molar-refractivity contribution in [3.8, 4) is 5.75 Å². The molecule has 2 unspecified atom stereocenters. The van der Waals surface area contributed by atoms with Crippen molar-refractivity contribution in [2.24, 2.45) is 11.8 Å². The summed E-state index contributed by atoms with van der Waals surface area (Å²) in [5, 5.41) is 0. The van der Waals surface area contributed by atoms with Crippen molar-refractivity contribution in [2.75, 3.05) is 20.3 Å². The number of nitrogens with one attached hydrogen (secondary N) is 1. The highest BCUT2D eigenvalue weighted by atomic mass is 16.5. The van der Waals surface area contributed by atoms with Gasteiger partial charge >= 0.3 is 0 Å². The van der Waals surface area contributed by atoms with Crippen LogP contribution in [0.1, 0.15) is 18.4 Å². The van der Waals surface area contributed by atoms with Crippen LogP contribution in [-0.2, 0) is 11.2 Å². The van der Waals surface area contributed by atoms with Gasteiger partial charge in [-0.3, -0.25) is 11.3 Å². The SMILES string of the molecule is COc1ccc(CC(NN)C2CCCOC2)cc1. The van der Waals surface area contributed by atoms with Gasteiger partial charge in [-0.15, -0.1) is 0 Å². The number of hydrazine groups is 1. The van der Waals surface area contributed by atoms with E-state index in [1.165, 1.54) is 12.0 Å². The Morgan fingerprint density at radius 2 is 2.22 bits per heavy atom. The second-order valence-electron chi connectivity index (χ2n) is 4.80. The van der Waals surface area contributed by atoms with Gasteiger partial charge in [0.1, 0.15) is 5.75 Å². The van der Waals surface area contributed by atoms with Crippen molar-refractivity contribution in [2.45, 2.75) is 25.3 Å². The summed E-state index contributed by atoms with van der Waals surface area (Å²) >= 11 is 0. The molecule has 1 heterocycles. The predicted molar refractivity (Wildman–Crippen MR) is 71.4 cm³/mol. The molecule has 4 heteroatoms. The Morgan fingerprint density at radius 3 is 2.78 bits per heavy atom. The lowest BCUT2D eigenvalue weighted by Crippen LogP contribution is -2.45. The molecule has 3 N–H and O–H groups in total. The van der Waals surface area contributed by atoms with E-state index in [0.717, 1.165) is 31.8 Å². The molecule has 0 saturated carbocycles. The van der Waals surface area contributed by atoms with E-state index in [4.69, 9.17) is 15.3 Å². The lowest BCUT2D eigenvalue weighted by molar-refractivity contribution is 0.0393. The standard InChI is InChI=1S/C14H22N2O2/c1-17-13-6-4-11(5-7-13)9-14(16-15)12-3-2-8-18-10-12/h4-7,12,14,16H,2-3,8-10,15H2,1H3. The summed E-state index contributed by atoms with van der Waals surface area (Å²) in [5.41, 5.74) is 4.21. The van der Waals surface area contributed by atoms with E-state index in [0.29, 0.717) is 5.92 Å².